The van der Waals surface area contributed by atoms with Gasteiger partial charge in [0.05, 0.1) is 11.3 Å². The third-order valence-electron chi connectivity index (χ3n) is 4.03. The van der Waals surface area contributed by atoms with Gasteiger partial charge in [-0.1, -0.05) is 19.1 Å². The lowest BCUT2D eigenvalue weighted by Crippen LogP contribution is -2.46. The van der Waals surface area contributed by atoms with E-state index in [2.05, 4.69) is 23.2 Å². The molecule has 1 fully saturated rings. The van der Waals surface area contributed by atoms with Crippen LogP contribution in [0, 0.1) is 17.2 Å². The maximum absolute atomic E-state index is 12.0. The van der Waals surface area contributed by atoms with Crippen LogP contribution < -0.4 is 11.1 Å². The minimum Gasteiger partial charge on any atom is -0.327 e. The molecule has 1 aliphatic heterocycles. The van der Waals surface area contributed by atoms with Crippen LogP contribution in [0.1, 0.15) is 25.3 Å². The topological polar surface area (TPSA) is 82.2 Å². The van der Waals surface area contributed by atoms with E-state index in [1.165, 1.54) is 0 Å². The van der Waals surface area contributed by atoms with Crippen LogP contribution in [0.25, 0.3) is 0 Å². The van der Waals surface area contributed by atoms with Crippen LogP contribution in [0.4, 0.5) is 5.69 Å². The van der Waals surface area contributed by atoms with Crippen molar-refractivity contribution in [2.45, 2.75) is 25.8 Å². The molecule has 1 amide bonds. The summed E-state index contributed by atoms with van der Waals surface area (Å²) in [5.74, 6) is 0.418. The predicted molar refractivity (Wildman–Crippen MR) is 82.6 cm³/mol. The lowest BCUT2D eigenvalue weighted by atomic mass is 9.95. The van der Waals surface area contributed by atoms with Gasteiger partial charge in [-0.3, -0.25) is 4.79 Å². The number of likely N-dealkylation sites (tertiary alicyclic amines) is 1. The average Bonchev–Trinajstić information content (AvgIpc) is 2.49. The fourth-order valence-corrected chi connectivity index (χ4v) is 2.62. The number of anilines is 1. The number of carbonyl (C=O) groups is 1. The first-order valence-corrected chi connectivity index (χ1v) is 7.37. The number of benzene rings is 1. The van der Waals surface area contributed by atoms with Gasteiger partial charge in [-0.15, -0.1) is 0 Å². The quantitative estimate of drug-likeness (QED) is 0.880. The van der Waals surface area contributed by atoms with Gasteiger partial charge in [-0.05, 0) is 31.0 Å². The molecule has 112 valence electrons. The Bertz CT molecular complexity index is 537. The van der Waals surface area contributed by atoms with Crippen molar-refractivity contribution in [3.8, 4) is 6.07 Å². The van der Waals surface area contributed by atoms with E-state index >= 15 is 0 Å². The molecule has 1 aromatic carbocycles. The second-order valence-corrected chi connectivity index (χ2v) is 5.69. The third-order valence-corrected chi connectivity index (χ3v) is 4.03. The van der Waals surface area contributed by atoms with E-state index in [0.29, 0.717) is 23.6 Å². The zero-order valence-corrected chi connectivity index (χ0v) is 12.4. The van der Waals surface area contributed by atoms with Crippen molar-refractivity contribution in [1.29, 1.82) is 5.26 Å². The van der Waals surface area contributed by atoms with Gasteiger partial charge in [-0.2, -0.15) is 5.26 Å². The summed E-state index contributed by atoms with van der Waals surface area (Å²) in [5, 5.41) is 11.8. The maximum atomic E-state index is 12.0. The Morgan fingerprint density at radius 3 is 3.00 bits per heavy atom. The molecule has 0 radical (unpaired) electrons. The van der Waals surface area contributed by atoms with E-state index in [9.17, 15) is 4.79 Å². The van der Waals surface area contributed by atoms with Gasteiger partial charge < -0.3 is 16.0 Å². The van der Waals surface area contributed by atoms with Gasteiger partial charge >= 0.3 is 0 Å². The summed E-state index contributed by atoms with van der Waals surface area (Å²) in [6.07, 6.45) is 1.42. The minimum absolute atomic E-state index is 0.0553. The zero-order chi connectivity index (χ0) is 15.2. The Kier molecular flexibility index (Phi) is 5.32. The Balaban J connectivity index is 1.82. The summed E-state index contributed by atoms with van der Waals surface area (Å²) < 4.78 is 0. The highest BCUT2D eigenvalue weighted by Gasteiger charge is 2.23. The Hall–Kier alpha value is -1.90. The van der Waals surface area contributed by atoms with Gasteiger partial charge in [0.25, 0.3) is 0 Å². The molecule has 1 aromatic rings. The maximum Gasteiger partial charge on any atom is 0.225 e. The smallest absolute Gasteiger partial charge is 0.225 e. The standard InChI is InChI=1S/C16H22N4O/c1-12-11-20(8-6-14(12)18)9-7-16(21)19-15-5-3-2-4-13(15)10-17/h2-5,12,14H,6-9,11,18H2,1H3,(H,19,21). The molecule has 5 heteroatoms. The number of nitrogens with one attached hydrogen (secondary N) is 1. The summed E-state index contributed by atoms with van der Waals surface area (Å²) in [6.45, 7) is 4.79. The molecule has 2 rings (SSSR count). The molecule has 1 aliphatic rings. The number of nitrogens with two attached hydrogens (primary N) is 1. The van der Waals surface area contributed by atoms with Crippen molar-refractivity contribution < 1.29 is 4.79 Å². The van der Waals surface area contributed by atoms with Crippen LogP contribution in [-0.4, -0.2) is 36.5 Å². The number of rotatable bonds is 4. The van der Waals surface area contributed by atoms with Crippen LogP contribution >= 0.6 is 0 Å². The van der Waals surface area contributed by atoms with Crippen molar-refractivity contribution in [3.05, 3.63) is 29.8 Å². The number of nitrogens with zero attached hydrogens (tertiary/aromatic N) is 2. The fourth-order valence-electron chi connectivity index (χ4n) is 2.62. The molecule has 3 N–H and O–H groups in total. The Morgan fingerprint density at radius 2 is 2.29 bits per heavy atom. The zero-order valence-electron chi connectivity index (χ0n) is 12.4. The van der Waals surface area contributed by atoms with Gasteiger partial charge in [0.2, 0.25) is 5.91 Å². The number of hydrogen-bond acceptors (Lipinski definition) is 4. The summed E-state index contributed by atoms with van der Waals surface area (Å²) in [5.41, 5.74) is 7.07. The third kappa shape index (κ3) is 4.28. The first-order valence-electron chi connectivity index (χ1n) is 7.37. The summed E-state index contributed by atoms with van der Waals surface area (Å²) in [6, 6.07) is 9.39. The monoisotopic (exact) mass is 286 g/mol. The predicted octanol–water partition coefficient (Wildman–Crippen LogP) is 1.56. The average molecular weight is 286 g/mol. The molecular weight excluding hydrogens is 264 g/mol. The Labute approximate surface area is 125 Å². The van der Waals surface area contributed by atoms with E-state index in [4.69, 9.17) is 11.0 Å². The van der Waals surface area contributed by atoms with Crippen LogP contribution in [0.3, 0.4) is 0 Å². The fraction of sp³-hybridized carbons (Fsp3) is 0.500. The first-order chi connectivity index (χ1) is 10.1. The number of carbonyl (C=O) groups excluding carboxylic acids is 1. The van der Waals surface area contributed by atoms with E-state index in [-0.39, 0.29) is 11.9 Å². The van der Waals surface area contributed by atoms with Gasteiger partial charge in [0.1, 0.15) is 6.07 Å². The van der Waals surface area contributed by atoms with Crippen molar-refractivity contribution in [3.63, 3.8) is 0 Å². The van der Waals surface area contributed by atoms with E-state index in [1.54, 1.807) is 18.2 Å². The SMILES string of the molecule is CC1CN(CCC(=O)Nc2ccccc2C#N)CCC1N. The minimum atomic E-state index is -0.0553. The molecule has 21 heavy (non-hydrogen) atoms. The molecule has 1 heterocycles. The number of amides is 1. The number of nitriles is 1. The van der Waals surface area contributed by atoms with Crippen LogP contribution in [0.2, 0.25) is 0 Å². The van der Waals surface area contributed by atoms with Gasteiger partial charge in [-0.25, -0.2) is 0 Å². The van der Waals surface area contributed by atoms with E-state index in [1.807, 2.05) is 6.07 Å². The number of para-hydroxylation sites is 1. The van der Waals surface area contributed by atoms with Gasteiger partial charge in [0, 0.05) is 25.6 Å². The molecule has 1 saturated heterocycles. The first kappa shape index (κ1) is 15.5. The molecular formula is C16H22N4O. The lowest BCUT2D eigenvalue weighted by molar-refractivity contribution is -0.116. The molecule has 0 saturated carbocycles. The van der Waals surface area contributed by atoms with E-state index in [0.717, 1.165) is 26.1 Å². The summed E-state index contributed by atoms with van der Waals surface area (Å²) in [7, 11) is 0. The molecule has 5 nitrogen and oxygen atoms in total. The largest absolute Gasteiger partial charge is 0.327 e. The van der Waals surface area contributed by atoms with E-state index < -0.39 is 0 Å². The van der Waals surface area contributed by atoms with Crippen LogP contribution in [-0.2, 0) is 4.79 Å². The molecule has 0 bridgehead atoms. The van der Waals surface area contributed by atoms with Crippen molar-refractivity contribution in [1.82, 2.24) is 4.90 Å². The van der Waals surface area contributed by atoms with Crippen molar-refractivity contribution in [2.75, 3.05) is 25.0 Å². The summed E-state index contributed by atoms with van der Waals surface area (Å²) in [4.78, 5) is 14.3. The normalized spacial score (nSPS) is 22.5. The van der Waals surface area contributed by atoms with Crippen molar-refractivity contribution in [2.24, 2.45) is 11.7 Å². The molecule has 0 aromatic heterocycles. The highest BCUT2D eigenvalue weighted by Crippen LogP contribution is 2.16. The van der Waals surface area contributed by atoms with Crippen molar-refractivity contribution >= 4 is 11.6 Å². The number of piperidine rings is 1. The highest BCUT2D eigenvalue weighted by molar-refractivity contribution is 5.92. The second-order valence-electron chi connectivity index (χ2n) is 5.69. The lowest BCUT2D eigenvalue weighted by Gasteiger charge is -2.34. The van der Waals surface area contributed by atoms with Crippen LogP contribution in [0.15, 0.2) is 24.3 Å². The Morgan fingerprint density at radius 1 is 1.52 bits per heavy atom. The summed E-state index contributed by atoms with van der Waals surface area (Å²) >= 11 is 0. The number of hydrogen-bond donors (Lipinski definition) is 2. The molecule has 2 atom stereocenters. The highest BCUT2D eigenvalue weighted by atomic mass is 16.1. The molecule has 0 aliphatic carbocycles. The van der Waals surface area contributed by atoms with Gasteiger partial charge in [0.15, 0.2) is 0 Å². The second kappa shape index (κ2) is 7.21. The molecule has 0 spiro atoms. The molecule has 2 unspecified atom stereocenters. The van der Waals surface area contributed by atoms with Crippen LogP contribution in [0.5, 0.6) is 0 Å².